The van der Waals surface area contributed by atoms with Crippen molar-refractivity contribution in [1.29, 1.82) is 0 Å². The van der Waals surface area contributed by atoms with Crippen molar-refractivity contribution >= 4 is 17.2 Å². The topological polar surface area (TPSA) is 69.6 Å². The number of hydrogen-bond donors (Lipinski definition) is 1. The number of ether oxygens (including phenoxy) is 1. The molecule has 2 rings (SSSR count). The van der Waals surface area contributed by atoms with Crippen LogP contribution in [-0.2, 0) is 4.74 Å². The van der Waals surface area contributed by atoms with Crippen LogP contribution >= 0.6 is 0 Å². The molecule has 0 fully saturated rings. The van der Waals surface area contributed by atoms with Gasteiger partial charge in [0.2, 0.25) is 0 Å². The van der Waals surface area contributed by atoms with E-state index in [1.807, 2.05) is 20.8 Å². The van der Waals surface area contributed by atoms with Crippen LogP contribution in [0.3, 0.4) is 0 Å². The van der Waals surface area contributed by atoms with Crippen LogP contribution in [0.5, 0.6) is 0 Å². The summed E-state index contributed by atoms with van der Waals surface area (Å²) in [5, 5.41) is 4.12. The summed E-state index contributed by atoms with van der Waals surface area (Å²) in [7, 11) is 0. The van der Waals surface area contributed by atoms with Crippen molar-refractivity contribution in [1.82, 2.24) is 9.61 Å². The number of rotatable bonds is 1. The summed E-state index contributed by atoms with van der Waals surface area (Å²) in [4.78, 5) is 11.8. The number of fused-ring (bicyclic) bond motifs is 1. The number of nitrogens with zero attached hydrogens (tertiary/aromatic N) is 2. The van der Waals surface area contributed by atoms with Gasteiger partial charge in [-0.25, -0.2) is 9.31 Å². The van der Waals surface area contributed by atoms with Gasteiger partial charge in [-0.05, 0) is 39.0 Å². The van der Waals surface area contributed by atoms with Gasteiger partial charge >= 0.3 is 5.97 Å². The first kappa shape index (κ1) is 11.4. The fourth-order valence-corrected chi connectivity index (χ4v) is 1.44. The van der Waals surface area contributed by atoms with E-state index in [-0.39, 0.29) is 5.69 Å². The first-order chi connectivity index (χ1) is 7.85. The Hall–Kier alpha value is -2.04. The molecule has 2 N–H and O–H groups in total. The van der Waals surface area contributed by atoms with Gasteiger partial charge in [0.25, 0.3) is 0 Å². The second-order valence-electron chi connectivity index (χ2n) is 4.86. The third-order valence-electron chi connectivity index (χ3n) is 2.10. The highest BCUT2D eigenvalue weighted by atomic mass is 16.6. The van der Waals surface area contributed by atoms with E-state index >= 15 is 0 Å². The average Bonchev–Trinajstić information content (AvgIpc) is 2.57. The number of nitrogen functional groups attached to an aromatic ring is 1. The molecule has 0 radical (unpaired) electrons. The summed E-state index contributed by atoms with van der Waals surface area (Å²) in [5.74, 6) is -0.431. The molecular weight excluding hydrogens is 218 g/mol. The molecule has 90 valence electrons. The van der Waals surface area contributed by atoms with Crippen molar-refractivity contribution in [2.45, 2.75) is 26.4 Å². The number of nitrogens with two attached hydrogens (primary N) is 1. The minimum Gasteiger partial charge on any atom is -0.455 e. The molecule has 2 heterocycles. The zero-order valence-corrected chi connectivity index (χ0v) is 10.1. The summed E-state index contributed by atoms with van der Waals surface area (Å²) in [6.07, 6.45) is 1.71. The molecule has 0 saturated heterocycles. The molecule has 2 aromatic rings. The van der Waals surface area contributed by atoms with E-state index in [1.54, 1.807) is 28.9 Å². The van der Waals surface area contributed by atoms with Crippen LogP contribution in [-0.4, -0.2) is 21.2 Å². The zero-order valence-electron chi connectivity index (χ0n) is 10.1. The van der Waals surface area contributed by atoms with E-state index < -0.39 is 11.6 Å². The molecule has 0 saturated carbocycles. The van der Waals surface area contributed by atoms with Crippen molar-refractivity contribution in [2.75, 3.05) is 5.73 Å². The maximum Gasteiger partial charge on any atom is 0.359 e. The highest BCUT2D eigenvalue weighted by molar-refractivity contribution is 5.89. The van der Waals surface area contributed by atoms with Gasteiger partial charge in [0, 0.05) is 11.9 Å². The van der Waals surface area contributed by atoms with Gasteiger partial charge in [-0.15, -0.1) is 0 Å². The number of aromatic nitrogens is 2. The van der Waals surface area contributed by atoms with Crippen LogP contribution in [0.2, 0.25) is 0 Å². The van der Waals surface area contributed by atoms with Crippen LogP contribution < -0.4 is 5.73 Å². The molecule has 0 atom stereocenters. The molecule has 0 aliphatic rings. The summed E-state index contributed by atoms with van der Waals surface area (Å²) >= 11 is 0. The molecular formula is C12H15N3O2. The number of carbonyl (C=O) groups is 1. The second-order valence-corrected chi connectivity index (χ2v) is 4.86. The van der Waals surface area contributed by atoms with Crippen molar-refractivity contribution < 1.29 is 9.53 Å². The SMILES string of the molecule is CC(C)(C)OC(=O)c1cc2cc(N)ccn2n1. The fraction of sp³-hybridized carbons (Fsp3) is 0.333. The van der Waals surface area contributed by atoms with Gasteiger partial charge in [0.1, 0.15) is 5.60 Å². The van der Waals surface area contributed by atoms with Crippen LogP contribution in [0.4, 0.5) is 5.69 Å². The smallest absolute Gasteiger partial charge is 0.359 e. The summed E-state index contributed by atoms with van der Waals surface area (Å²) in [6, 6.07) is 5.13. The van der Waals surface area contributed by atoms with Crippen molar-refractivity contribution in [3.8, 4) is 0 Å². The van der Waals surface area contributed by atoms with E-state index in [1.165, 1.54) is 0 Å². The number of hydrogen-bond acceptors (Lipinski definition) is 4. The van der Waals surface area contributed by atoms with E-state index in [0.717, 1.165) is 5.52 Å². The largest absolute Gasteiger partial charge is 0.455 e. The molecule has 2 aromatic heterocycles. The third-order valence-corrected chi connectivity index (χ3v) is 2.10. The van der Waals surface area contributed by atoms with Gasteiger partial charge in [0.15, 0.2) is 5.69 Å². The van der Waals surface area contributed by atoms with Crippen LogP contribution in [0.1, 0.15) is 31.3 Å². The van der Waals surface area contributed by atoms with E-state index in [4.69, 9.17) is 10.5 Å². The fourth-order valence-electron chi connectivity index (χ4n) is 1.44. The number of esters is 1. The third kappa shape index (κ3) is 2.55. The first-order valence-electron chi connectivity index (χ1n) is 5.33. The molecule has 0 aliphatic carbocycles. The van der Waals surface area contributed by atoms with E-state index in [0.29, 0.717) is 5.69 Å². The lowest BCUT2D eigenvalue weighted by Crippen LogP contribution is -2.24. The molecule has 0 unspecified atom stereocenters. The van der Waals surface area contributed by atoms with Crippen LogP contribution in [0.25, 0.3) is 5.52 Å². The minimum absolute atomic E-state index is 0.283. The minimum atomic E-state index is -0.522. The van der Waals surface area contributed by atoms with E-state index in [9.17, 15) is 4.79 Å². The Labute approximate surface area is 99.2 Å². The second kappa shape index (κ2) is 3.76. The highest BCUT2D eigenvalue weighted by Gasteiger charge is 2.20. The maximum atomic E-state index is 11.8. The van der Waals surface area contributed by atoms with Crippen molar-refractivity contribution in [3.05, 3.63) is 30.1 Å². The highest BCUT2D eigenvalue weighted by Crippen LogP contribution is 2.14. The standard InChI is InChI=1S/C12H15N3O2/c1-12(2,3)17-11(16)10-7-9-6-8(13)4-5-15(9)14-10/h4-7H,13H2,1-3H3. The lowest BCUT2D eigenvalue weighted by molar-refractivity contribution is 0.00625. The summed E-state index contributed by atoms with van der Waals surface area (Å²) in [5.41, 5.74) is 6.82. The predicted molar refractivity (Wildman–Crippen MR) is 64.8 cm³/mol. The molecule has 5 heteroatoms. The quantitative estimate of drug-likeness (QED) is 0.763. The molecule has 17 heavy (non-hydrogen) atoms. The molecule has 0 amide bonds. The Bertz CT molecular complexity index is 567. The Balaban J connectivity index is 2.33. The summed E-state index contributed by atoms with van der Waals surface area (Å²) < 4.78 is 6.83. The Morgan fingerprint density at radius 3 is 2.76 bits per heavy atom. The van der Waals surface area contributed by atoms with Crippen LogP contribution in [0, 0.1) is 0 Å². The number of pyridine rings is 1. The molecule has 5 nitrogen and oxygen atoms in total. The van der Waals surface area contributed by atoms with Crippen molar-refractivity contribution in [2.24, 2.45) is 0 Å². The van der Waals surface area contributed by atoms with Crippen molar-refractivity contribution in [3.63, 3.8) is 0 Å². The normalized spacial score (nSPS) is 11.7. The van der Waals surface area contributed by atoms with Gasteiger partial charge in [0.05, 0.1) is 5.52 Å². The van der Waals surface area contributed by atoms with Crippen LogP contribution in [0.15, 0.2) is 24.4 Å². The predicted octanol–water partition coefficient (Wildman–Crippen LogP) is 1.87. The lowest BCUT2D eigenvalue weighted by atomic mass is 10.2. The van der Waals surface area contributed by atoms with Gasteiger partial charge in [-0.3, -0.25) is 0 Å². The number of anilines is 1. The number of carbonyl (C=O) groups excluding carboxylic acids is 1. The van der Waals surface area contributed by atoms with Gasteiger partial charge in [-0.2, -0.15) is 5.10 Å². The Kier molecular flexibility index (Phi) is 2.53. The monoisotopic (exact) mass is 233 g/mol. The average molecular weight is 233 g/mol. The Morgan fingerprint density at radius 1 is 1.41 bits per heavy atom. The maximum absolute atomic E-state index is 11.8. The lowest BCUT2D eigenvalue weighted by Gasteiger charge is -2.18. The molecule has 0 aliphatic heterocycles. The molecule has 0 bridgehead atoms. The molecule has 0 spiro atoms. The zero-order chi connectivity index (χ0) is 12.6. The van der Waals surface area contributed by atoms with Gasteiger partial charge < -0.3 is 10.5 Å². The summed E-state index contributed by atoms with van der Waals surface area (Å²) in [6.45, 7) is 5.45. The molecule has 0 aromatic carbocycles. The first-order valence-corrected chi connectivity index (χ1v) is 5.33. The Morgan fingerprint density at radius 2 is 2.12 bits per heavy atom. The van der Waals surface area contributed by atoms with E-state index in [2.05, 4.69) is 5.10 Å². The van der Waals surface area contributed by atoms with Gasteiger partial charge in [-0.1, -0.05) is 0 Å².